The molecule has 2 amide bonds. The molecule has 5 nitrogen and oxygen atoms in total. The lowest BCUT2D eigenvalue weighted by molar-refractivity contribution is -0.121. The SMILES string of the molecule is CCCCC/C(C)=N\NC(=O)C[C@H](NC(=O)c1ccccc1)c1ccccc1. The Morgan fingerprint density at radius 3 is 2.25 bits per heavy atom. The molecule has 2 aromatic carbocycles. The van der Waals surface area contributed by atoms with E-state index < -0.39 is 6.04 Å². The van der Waals surface area contributed by atoms with Crippen molar-refractivity contribution in [1.82, 2.24) is 10.7 Å². The average molecular weight is 380 g/mol. The Morgan fingerprint density at radius 1 is 0.964 bits per heavy atom. The summed E-state index contributed by atoms with van der Waals surface area (Å²) in [5.74, 6) is -0.432. The molecule has 2 aromatic rings. The van der Waals surface area contributed by atoms with Crippen LogP contribution in [0.1, 0.15) is 67.9 Å². The molecule has 5 heteroatoms. The van der Waals surface area contributed by atoms with Gasteiger partial charge in [-0.05, 0) is 37.5 Å². The Bertz CT molecular complexity index is 773. The van der Waals surface area contributed by atoms with E-state index in [0.717, 1.165) is 37.0 Å². The van der Waals surface area contributed by atoms with E-state index in [9.17, 15) is 9.59 Å². The van der Waals surface area contributed by atoms with E-state index in [4.69, 9.17) is 0 Å². The van der Waals surface area contributed by atoms with E-state index >= 15 is 0 Å². The largest absolute Gasteiger partial charge is 0.345 e. The zero-order chi connectivity index (χ0) is 20.2. The van der Waals surface area contributed by atoms with Crippen LogP contribution in [0.2, 0.25) is 0 Å². The summed E-state index contributed by atoms with van der Waals surface area (Å²) in [6.07, 6.45) is 4.37. The fourth-order valence-corrected chi connectivity index (χ4v) is 2.84. The first-order valence-electron chi connectivity index (χ1n) is 9.83. The van der Waals surface area contributed by atoms with E-state index in [1.807, 2.05) is 55.5 Å². The lowest BCUT2D eigenvalue weighted by Crippen LogP contribution is -2.32. The number of unbranched alkanes of at least 4 members (excludes halogenated alkanes) is 2. The van der Waals surface area contributed by atoms with Gasteiger partial charge in [-0.25, -0.2) is 5.43 Å². The van der Waals surface area contributed by atoms with E-state index in [1.165, 1.54) is 0 Å². The first-order chi connectivity index (χ1) is 13.6. The van der Waals surface area contributed by atoms with Gasteiger partial charge in [-0.15, -0.1) is 0 Å². The van der Waals surface area contributed by atoms with Gasteiger partial charge in [0.2, 0.25) is 5.91 Å². The highest BCUT2D eigenvalue weighted by Gasteiger charge is 2.19. The summed E-state index contributed by atoms with van der Waals surface area (Å²) in [6, 6.07) is 18.1. The standard InChI is InChI=1S/C23H29N3O2/c1-3-4-7-12-18(2)25-26-22(27)17-21(19-13-8-5-9-14-19)24-23(28)20-15-10-6-11-16-20/h5-6,8-11,13-16,21H,3-4,7,12,17H2,1-2H3,(H,24,28)(H,26,27)/b25-18-/t21-/m0/s1. The smallest absolute Gasteiger partial charge is 0.251 e. The maximum atomic E-state index is 12.6. The number of amides is 2. The summed E-state index contributed by atoms with van der Waals surface area (Å²) in [5.41, 5.74) is 4.97. The molecule has 0 saturated carbocycles. The lowest BCUT2D eigenvalue weighted by atomic mass is 10.0. The summed E-state index contributed by atoms with van der Waals surface area (Å²) >= 11 is 0. The van der Waals surface area contributed by atoms with Crippen LogP contribution in [0.4, 0.5) is 0 Å². The molecule has 0 aliphatic rings. The summed E-state index contributed by atoms with van der Waals surface area (Å²) in [7, 11) is 0. The van der Waals surface area contributed by atoms with Gasteiger partial charge in [0.05, 0.1) is 12.5 Å². The highest BCUT2D eigenvalue weighted by Crippen LogP contribution is 2.17. The molecule has 0 radical (unpaired) electrons. The topological polar surface area (TPSA) is 70.6 Å². The predicted molar refractivity (Wildman–Crippen MR) is 113 cm³/mol. The third-order valence-electron chi connectivity index (χ3n) is 4.45. The molecule has 0 fully saturated rings. The molecule has 148 valence electrons. The normalized spacial score (nSPS) is 12.3. The number of carbonyl (C=O) groups is 2. The third-order valence-corrected chi connectivity index (χ3v) is 4.45. The molecule has 0 unspecified atom stereocenters. The number of hydrogen-bond donors (Lipinski definition) is 2. The van der Waals surface area contributed by atoms with Crippen LogP contribution >= 0.6 is 0 Å². The van der Waals surface area contributed by atoms with Crippen LogP contribution in [-0.2, 0) is 4.79 Å². The van der Waals surface area contributed by atoms with Gasteiger partial charge >= 0.3 is 0 Å². The molecule has 0 aliphatic heterocycles. The van der Waals surface area contributed by atoms with Crippen LogP contribution in [0.25, 0.3) is 0 Å². The van der Waals surface area contributed by atoms with Crippen molar-refractivity contribution in [3.8, 4) is 0 Å². The van der Waals surface area contributed by atoms with E-state index in [2.05, 4.69) is 22.8 Å². The van der Waals surface area contributed by atoms with Gasteiger partial charge < -0.3 is 5.32 Å². The maximum Gasteiger partial charge on any atom is 0.251 e. The summed E-state index contributed by atoms with van der Waals surface area (Å²) in [4.78, 5) is 25.0. The van der Waals surface area contributed by atoms with Crippen molar-refractivity contribution in [3.05, 3.63) is 71.8 Å². The van der Waals surface area contributed by atoms with Crippen molar-refractivity contribution in [2.75, 3.05) is 0 Å². The lowest BCUT2D eigenvalue weighted by Gasteiger charge is -2.18. The number of rotatable bonds is 10. The van der Waals surface area contributed by atoms with Gasteiger partial charge in [-0.1, -0.05) is 68.3 Å². The van der Waals surface area contributed by atoms with Gasteiger partial charge in [-0.3, -0.25) is 9.59 Å². The highest BCUT2D eigenvalue weighted by molar-refractivity contribution is 5.94. The summed E-state index contributed by atoms with van der Waals surface area (Å²) in [5, 5.41) is 7.15. The van der Waals surface area contributed by atoms with Crippen LogP contribution in [0, 0.1) is 0 Å². The van der Waals surface area contributed by atoms with Crippen molar-refractivity contribution >= 4 is 17.5 Å². The minimum atomic E-state index is -0.426. The molecule has 0 spiro atoms. The number of hydrazone groups is 1. The fourth-order valence-electron chi connectivity index (χ4n) is 2.84. The molecular weight excluding hydrogens is 350 g/mol. The van der Waals surface area contributed by atoms with Gasteiger partial charge in [0, 0.05) is 11.3 Å². The molecule has 2 rings (SSSR count). The van der Waals surface area contributed by atoms with E-state index in [1.54, 1.807) is 12.1 Å². The molecule has 0 heterocycles. The quantitative estimate of drug-likeness (QED) is 0.359. The Kier molecular flexibility index (Phi) is 8.92. The van der Waals surface area contributed by atoms with Gasteiger partial charge in [0.1, 0.15) is 0 Å². The predicted octanol–water partition coefficient (Wildman–Crippen LogP) is 4.62. The molecule has 0 aliphatic carbocycles. The second-order valence-corrected chi connectivity index (χ2v) is 6.85. The van der Waals surface area contributed by atoms with Crippen molar-refractivity contribution in [1.29, 1.82) is 0 Å². The second kappa shape index (κ2) is 11.7. The number of nitrogens with one attached hydrogen (secondary N) is 2. The van der Waals surface area contributed by atoms with Crippen LogP contribution in [0.15, 0.2) is 65.8 Å². The van der Waals surface area contributed by atoms with Crippen LogP contribution in [0.3, 0.4) is 0 Å². The third kappa shape index (κ3) is 7.35. The first-order valence-corrected chi connectivity index (χ1v) is 9.83. The minimum Gasteiger partial charge on any atom is -0.345 e. The van der Waals surface area contributed by atoms with Crippen molar-refractivity contribution in [2.24, 2.45) is 5.10 Å². The van der Waals surface area contributed by atoms with Crippen LogP contribution in [-0.4, -0.2) is 17.5 Å². The summed E-state index contributed by atoms with van der Waals surface area (Å²) in [6.45, 7) is 4.07. The average Bonchev–Trinajstić information content (AvgIpc) is 2.73. The second-order valence-electron chi connectivity index (χ2n) is 6.85. The van der Waals surface area contributed by atoms with Crippen molar-refractivity contribution in [3.63, 3.8) is 0 Å². The first kappa shape index (κ1) is 21.4. The molecule has 2 N–H and O–H groups in total. The molecule has 28 heavy (non-hydrogen) atoms. The Hall–Kier alpha value is -2.95. The zero-order valence-electron chi connectivity index (χ0n) is 16.7. The van der Waals surface area contributed by atoms with Gasteiger partial charge in [0.25, 0.3) is 5.91 Å². The molecule has 0 saturated heterocycles. The minimum absolute atomic E-state index is 0.119. The Balaban J connectivity index is 2.01. The number of nitrogens with zero attached hydrogens (tertiary/aromatic N) is 1. The van der Waals surface area contributed by atoms with Gasteiger partial charge in [-0.2, -0.15) is 5.10 Å². The van der Waals surface area contributed by atoms with Crippen molar-refractivity contribution < 1.29 is 9.59 Å². The van der Waals surface area contributed by atoms with Crippen molar-refractivity contribution in [2.45, 2.75) is 52.0 Å². The zero-order valence-corrected chi connectivity index (χ0v) is 16.7. The van der Waals surface area contributed by atoms with Gasteiger partial charge in [0.15, 0.2) is 0 Å². The Morgan fingerprint density at radius 2 is 1.61 bits per heavy atom. The van der Waals surface area contributed by atoms with Crippen LogP contribution in [0.5, 0.6) is 0 Å². The van der Waals surface area contributed by atoms with E-state index in [-0.39, 0.29) is 18.2 Å². The fraction of sp³-hybridized carbons (Fsp3) is 0.348. The van der Waals surface area contributed by atoms with Crippen LogP contribution < -0.4 is 10.7 Å². The molecule has 1 atom stereocenters. The van der Waals surface area contributed by atoms with E-state index in [0.29, 0.717) is 5.56 Å². The number of carbonyl (C=O) groups excluding carboxylic acids is 2. The number of benzene rings is 2. The monoisotopic (exact) mass is 379 g/mol. The maximum absolute atomic E-state index is 12.6. The summed E-state index contributed by atoms with van der Waals surface area (Å²) < 4.78 is 0. The molecule has 0 bridgehead atoms. The Labute approximate surface area is 167 Å². The molecular formula is C23H29N3O2. The number of hydrogen-bond acceptors (Lipinski definition) is 3. The molecule has 0 aromatic heterocycles. The highest BCUT2D eigenvalue weighted by atomic mass is 16.2.